The second-order valence-electron chi connectivity index (χ2n) is 8.54. The highest BCUT2D eigenvalue weighted by atomic mass is 16.5. The molecular weight excluding hydrogens is 422 g/mol. The summed E-state index contributed by atoms with van der Waals surface area (Å²) >= 11 is 0. The lowest BCUT2D eigenvalue weighted by atomic mass is 10.1. The van der Waals surface area contributed by atoms with Gasteiger partial charge < -0.3 is 19.3 Å². The summed E-state index contributed by atoms with van der Waals surface area (Å²) in [6.07, 6.45) is 0. The fourth-order valence-corrected chi connectivity index (χ4v) is 3.73. The number of hydrogen-bond donors (Lipinski definition) is 0. The van der Waals surface area contributed by atoms with E-state index in [2.05, 4.69) is 0 Å². The van der Waals surface area contributed by atoms with Crippen LogP contribution in [0.4, 0.5) is 5.69 Å². The number of ether oxygens (including phenoxy) is 2. The van der Waals surface area contributed by atoms with Crippen molar-refractivity contribution in [1.29, 1.82) is 0 Å². The first-order chi connectivity index (χ1) is 15.7. The van der Waals surface area contributed by atoms with Gasteiger partial charge in [0.15, 0.2) is 0 Å². The third-order valence-corrected chi connectivity index (χ3v) is 5.48. The maximum Gasteiger partial charge on any atom is 0.258 e. The maximum atomic E-state index is 13.3. The number of carbonyl (C=O) groups is 3. The number of rotatable bonds is 8. The van der Waals surface area contributed by atoms with Gasteiger partial charge in [0.2, 0.25) is 11.8 Å². The lowest BCUT2D eigenvalue weighted by Crippen LogP contribution is -2.44. The molecule has 8 heteroatoms. The minimum absolute atomic E-state index is 0.0116. The molecule has 1 fully saturated rings. The van der Waals surface area contributed by atoms with Gasteiger partial charge in [0.05, 0.1) is 19.8 Å². The second-order valence-corrected chi connectivity index (χ2v) is 8.54. The molecule has 0 aromatic heterocycles. The van der Waals surface area contributed by atoms with E-state index >= 15 is 0 Å². The molecule has 0 bridgehead atoms. The van der Waals surface area contributed by atoms with Crippen molar-refractivity contribution in [3.8, 4) is 11.5 Å². The SMILES string of the molecule is COc1ccc(C(=O)N(CC(=O)N2CC(=O)N(c3ccc(C)cc3)C2)CC(C)C)c(OC)c1. The first kappa shape index (κ1) is 24.1. The van der Waals surface area contributed by atoms with Crippen LogP contribution < -0.4 is 14.4 Å². The molecule has 0 radical (unpaired) electrons. The molecule has 1 heterocycles. The first-order valence-corrected chi connectivity index (χ1v) is 10.9. The molecule has 176 valence electrons. The van der Waals surface area contributed by atoms with Crippen molar-refractivity contribution in [3.63, 3.8) is 0 Å². The average Bonchev–Trinajstić information content (AvgIpc) is 3.19. The Labute approximate surface area is 194 Å². The summed E-state index contributed by atoms with van der Waals surface area (Å²) in [5.41, 5.74) is 2.19. The lowest BCUT2D eigenvalue weighted by Gasteiger charge is -2.27. The standard InChI is InChI=1S/C25H31N3O5/c1-17(2)13-26(25(31)21-11-10-20(32-4)12-22(21)33-5)14-23(29)27-15-24(30)28(16-27)19-8-6-18(3)7-9-19/h6-12,17H,13-16H2,1-5H3. The van der Waals surface area contributed by atoms with E-state index in [4.69, 9.17) is 9.47 Å². The monoisotopic (exact) mass is 453 g/mol. The van der Waals surface area contributed by atoms with Gasteiger partial charge in [-0.3, -0.25) is 19.3 Å². The van der Waals surface area contributed by atoms with E-state index in [1.807, 2.05) is 45.0 Å². The van der Waals surface area contributed by atoms with E-state index in [1.165, 1.54) is 24.0 Å². The highest BCUT2D eigenvalue weighted by Gasteiger charge is 2.33. The van der Waals surface area contributed by atoms with Crippen molar-refractivity contribution in [3.05, 3.63) is 53.6 Å². The van der Waals surface area contributed by atoms with Crippen LogP contribution in [0.2, 0.25) is 0 Å². The van der Waals surface area contributed by atoms with Crippen LogP contribution in [0.25, 0.3) is 0 Å². The van der Waals surface area contributed by atoms with Crippen molar-refractivity contribution in [2.45, 2.75) is 20.8 Å². The fraction of sp³-hybridized carbons (Fsp3) is 0.400. The number of aryl methyl sites for hydroxylation is 1. The molecule has 33 heavy (non-hydrogen) atoms. The minimum atomic E-state index is -0.308. The van der Waals surface area contributed by atoms with Crippen LogP contribution in [0.5, 0.6) is 11.5 Å². The normalized spacial score (nSPS) is 13.5. The highest BCUT2D eigenvalue weighted by Crippen LogP contribution is 2.26. The Morgan fingerprint density at radius 1 is 1.06 bits per heavy atom. The predicted molar refractivity (Wildman–Crippen MR) is 126 cm³/mol. The summed E-state index contributed by atoms with van der Waals surface area (Å²) < 4.78 is 10.6. The van der Waals surface area contributed by atoms with Crippen molar-refractivity contribution in [2.24, 2.45) is 5.92 Å². The number of methoxy groups -OCH3 is 2. The number of anilines is 1. The van der Waals surface area contributed by atoms with Crippen LogP contribution in [0.3, 0.4) is 0 Å². The summed E-state index contributed by atoms with van der Waals surface area (Å²) in [5.74, 6) is 0.363. The molecule has 2 aromatic carbocycles. The van der Waals surface area contributed by atoms with E-state index in [0.29, 0.717) is 23.6 Å². The molecular formula is C25H31N3O5. The molecule has 0 saturated carbocycles. The largest absolute Gasteiger partial charge is 0.497 e. The molecule has 2 aromatic rings. The zero-order valence-electron chi connectivity index (χ0n) is 19.8. The van der Waals surface area contributed by atoms with Crippen LogP contribution in [-0.4, -0.2) is 68.0 Å². The van der Waals surface area contributed by atoms with E-state index in [0.717, 1.165) is 11.3 Å². The van der Waals surface area contributed by atoms with Gasteiger partial charge in [0, 0.05) is 18.3 Å². The number of nitrogens with zero attached hydrogens (tertiary/aromatic N) is 3. The smallest absolute Gasteiger partial charge is 0.258 e. The summed E-state index contributed by atoms with van der Waals surface area (Å²) in [6.45, 7) is 6.36. The lowest BCUT2D eigenvalue weighted by molar-refractivity contribution is -0.132. The van der Waals surface area contributed by atoms with E-state index in [-0.39, 0.29) is 43.4 Å². The number of benzene rings is 2. The molecule has 0 atom stereocenters. The third-order valence-electron chi connectivity index (χ3n) is 5.48. The Morgan fingerprint density at radius 2 is 1.76 bits per heavy atom. The number of hydrogen-bond acceptors (Lipinski definition) is 5. The van der Waals surface area contributed by atoms with Gasteiger partial charge in [-0.2, -0.15) is 0 Å². The highest BCUT2D eigenvalue weighted by molar-refractivity contribution is 6.02. The molecule has 3 rings (SSSR count). The Morgan fingerprint density at radius 3 is 2.36 bits per heavy atom. The van der Waals surface area contributed by atoms with Gasteiger partial charge in [-0.25, -0.2) is 0 Å². The number of amides is 3. The molecule has 0 aliphatic carbocycles. The minimum Gasteiger partial charge on any atom is -0.497 e. The van der Waals surface area contributed by atoms with Crippen molar-refractivity contribution < 1.29 is 23.9 Å². The zero-order valence-corrected chi connectivity index (χ0v) is 19.8. The summed E-state index contributed by atoms with van der Waals surface area (Å²) in [5, 5.41) is 0. The predicted octanol–water partition coefficient (Wildman–Crippen LogP) is 2.94. The average molecular weight is 454 g/mol. The van der Waals surface area contributed by atoms with Gasteiger partial charge in [0.1, 0.15) is 31.3 Å². The van der Waals surface area contributed by atoms with Gasteiger partial charge in [0.25, 0.3) is 5.91 Å². The quantitative estimate of drug-likeness (QED) is 0.614. The van der Waals surface area contributed by atoms with Crippen LogP contribution in [-0.2, 0) is 9.59 Å². The second kappa shape index (κ2) is 10.4. The van der Waals surface area contributed by atoms with Gasteiger partial charge in [-0.15, -0.1) is 0 Å². The van der Waals surface area contributed by atoms with Crippen LogP contribution >= 0.6 is 0 Å². The summed E-state index contributed by atoms with van der Waals surface area (Å²) in [4.78, 5) is 43.6. The number of carbonyl (C=O) groups excluding carboxylic acids is 3. The van der Waals surface area contributed by atoms with E-state index < -0.39 is 0 Å². The van der Waals surface area contributed by atoms with Gasteiger partial charge in [-0.05, 0) is 37.1 Å². The third kappa shape index (κ3) is 5.63. The van der Waals surface area contributed by atoms with E-state index in [9.17, 15) is 14.4 Å². The van der Waals surface area contributed by atoms with Crippen molar-refractivity contribution >= 4 is 23.4 Å². The summed E-state index contributed by atoms with van der Waals surface area (Å²) in [7, 11) is 3.02. The van der Waals surface area contributed by atoms with Crippen molar-refractivity contribution in [2.75, 3.05) is 45.4 Å². The molecule has 0 N–H and O–H groups in total. The molecule has 8 nitrogen and oxygen atoms in total. The molecule has 1 saturated heterocycles. The summed E-state index contributed by atoms with van der Waals surface area (Å²) in [6, 6.07) is 12.6. The van der Waals surface area contributed by atoms with Gasteiger partial charge >= 0.3 is 0 Å². The molecule has 1 aliphatic rings. The first-order valence-electron chi connectivity index (χ1n) is 10.9. The van der Waals surface area contributed by atoms with Crippen LogP contribution in [0.1, 0.15) is 29.8 Å². The van der Waals surface area contributed by atoms with Gasteiger partial charge in [-0.1, -0.05) is 31.5 Å². The Balaban J connectivity index is 1.76. The Bertz CT molecular complexity index is 1020. The molecule has 0 unspecified atom stereocenters. The topological polar surface area (TPSA) is 79.4 Å². The molecule has 1 aliphatic heterocycles. The maximum absolute atomic E-state index is 13.3. The Hall–Kier alpha value is -3.55. The van der Waals surface area contributed by atoms with E-state index in [1.54, 1.807) is 23.1 Å². The van der Waals surface area contributed by atoms with Crippen LogP contribution in [0.15, 0.2) is 42.5 Å². The van der Waals surface area contributed by atoms with Crippen molar-refractivity contribution in [1.82, 2.24) is 9.80 Å². The fourth-order valence-electron chi connectivity index (χ4n) is 3.73. The molecule has 3 amide bonds. The van der Waals surface area contributed by atoms with Crippen LogP contribution in [0, 0.1) is 12.8 Å². The molecule has 0 spiro atoms. The zero-order chi connectivity index (χ0) is 24.1. The Kier molecular flexibility index (Phi) is 7.58.